The zero-order valence-electron chi connectivity index (χ0n) is 14.1. The lowest BCUT2D eigenvalue weighted by atomic mass is 9.93. The van der Waals surface area contributed by atoms with Crippen molar-refractivity contribution in [2.45, 2.75) is 25.9 Å². The Hall–Kier alpha value is -2.28. The van der Waals surface area contributed by atoms with Crippen molar-refractivity contribution < 1.29 is 9.59 Å². The van der Waals surface area contributed by atoms with Gasteiger partial charge in [-0.1, -0.05) is 30.0 Å². The number of aromatic nitrogens is 2. The summed E-state index contributed by atoms with van der Waals surface area (Å²) in [6.45, 7) is 5.65. The monoisotopic (exact) mass is 346 g/mol. The molecule has 0 aliphatic rings. The third-order valence-electron chi connectivity index (χ3n) is 3.71. The first-order chi connectivity index (χ1) is 11.3. The third kappa shape index (κ3) is 4.38. The van der Waals surface area contributed by atoms with Gasteiger partial charge in [0.2, 0.25) is 11.8 Å². The smallest absolute Gasteiger partial charge is 0.230 e. The van der Waals surface area contributed by atoms with Gasteiger partial charge in [-0.15, -0.1) is 0 Å². The lowest BCUT2D eigenvalue weighted by Crippen LogP contribution is -2.42. The Morgan fingerprint density at radius 2 is 2.04 bits per heavy atom. The van der Waals surface area contributed by atoms with Gasteiger partial charge in [0.1, 0.15) is 0 Å². The number of thioether (sulfide) groups is 1. The van der Waals surface area contributed by atoms with Gasteiger partial charge in [0.15, 0.2) is 5.16 Å². The summed E-state index contributed by atoms with van der Waals surface area (Å²) in [5.74, 6) is -0.378. The molecule has 128 valence electrons. The van der Waals surface area contributed by atoms with Crippen LogP contribution in [0, 0.1) is 12.3 Å². The number of para-hydroxylation sites is 1. The minimum absolute atomic E-state index is 0.159. The first-order valence-corrected chi connectivity index (χ1v) is 8.58. The van der Waals surface area contributed by atoms with Crippen molar-refractivity contribution in [3.63, 3.8) is 0 Å². The molecule has 0 bridgehead atoms. The molecule has 1 heterocycles. The summed E-state index contributed by atoms with van der Waals surface area (Å²) in [5, 5.41) is 3.48. The van der Waals surface area contributed by atoms with Gasteiger partial charge in [0.25, 0.3) is 0 Å². The summed E-state index contributed by atoms with van der Waals surface area (Å²) in [5.41, 5.74) is 6.70. The van der Waals surface area contributed by atoms with Crippen molar-refractivity contribution in [2.75, 3.05) is 12.3 Å². The van der Waals surface area contributed by atoms with Crippen molar-refractivity contribution in [2.24, 2.45) is 11.1 Å². The molecule has 0 radical (unpaired) electrons. The summed E-state index contributed by atoms with van der Waals surface area (Å²) < 4.78 is 1.96. The predicted molar refractivity (Wildman–Crippen MR) is 95.0 cm³/mol. The number of primary amides is 1. The number of benzene rings is 1. The second-order valence-electron chi connectivity index (χ2n) is 6.18. The normalized spacial score (nSPS) is 11.3. The lowest BCUT2D eigenvalue weighted by molar-refractivity contribution is -0.126. The number of carbonyl (C=O) groups is 2. The quantitative estimate of drug-likeness (QED) is 0.749. The van der Waals surface area contributed by atoms with Crippen LogP contribution in [0.2, 0.25) is 0 Å². The van der Waals surface area contributed by atoms with E-state index in [1.807, 2.05) is 42.0 Å². The number of nitrogens with one attached hydrogen (secondary N) is 1. The molecule has 2 rings (SSSR count). The highest BCUT2D eigenvalue weighted by molar-refractivity contribution is 7.99. The molecule has 7 heteroatoms. The molecule has 6 nitrogen and oxygen atoms in total. The molecule has 0 saturated heterocycles. The first-order valence-electron chi connectivity index (χ1n) is 7.60. The average molecular weight is 346 g/mol. The summed E-state index contributed by atoms with van der Waals surface area (Å²) in [6, 6.07) is 7.99. The van der Waals surface area contributed by atoms with Crippen LogP contribution in [0.4, 0.5) is 0 Å². The fourth-order valence-electron chi connectivity index (χ4n) is 2.00. The topological polar surface area (TPSA) is 90.0 Å². The Morgan fingerprint density at radius 3 is 2.71 bits per heavy atom. The van der Waals surface area contributed by atoms with E-state index < -0.39 is 11.3 Å². The van der Waals surface area contributed by atoms with E-state index in [0.29, 0.717) is 0 Å². The van der Waals surface area contributed by atoms with E-state index >= 15 is 0 Å². The molecule has 0 aliphatic carbocycles. The molecule has 3 N–H and O–H groups in total. The van der Waals surface area contributed by atoms with E-state index in [0.717, 1.165) is 16.4 Å². The predicted octanol–water partition coefficient (Wildman–Crippen LogP) is 1.90. The summed E-state index contributed by atoms with van der Waals surface area (Å²) >= 11 is 1.35. The van der Waals surface area contributed by atoms with Crippen LogP contribution < -0.4 is 11.1 Å². The van der Waals surface area contributed by atoms with Gasteiger partial charge in [-0.25, -0.2) is 4.98 Å². The molecule has 0 spiro atoms. The SMILES string of the molecule is Cc1ccccc1-n1ccnc1SCC(=O)NCC(C)(C)C(N)=O. The fraction of sp³-hybridized carbons (Fsp3) is 0.353. The minimum Gasteiger partial charge on any atom is -0.369 e. The Bertz CT molecular complexity index is 740. The Balaban J connectivity index is 1.97. The van der Waals surface area contributed by atoms with Crippen LogP contribution in [-0.4, -0.2) is 33.7 Å². The number of nitrogens with two attached hydrogens (primary N) is 1. The van der Waals surface area contributed by atoms with E-state index in [2.05, 4.69) is 10.3 Å². The number of nitrogens with zero attached hydrogens (tertiary/aromatic N) is 2. The average Bonchev–Trinajstić information content (AvgIpc) is 2.99. The van der Waals surface area contributed by atoms with Gasteiger partial charge >= 0.3 is 0 Å². The Morgan fingerprint density at radius 1 is 1.33 bits per heavy atom. The Kier molecular flexibility index (Phi) is 5.66. The molecule has 1 aromatic carbocycles. The minimum atomic E-state index is -0.764. The Labute approximate surface area is 145 Å². The highest BCUT2D eigenvalue weighted by Crippen LogP contribution is 2.22. The van der Waals surface area contributed by atoms with Gasteiger partial charge in [-0.05, 0) is 32.4 Å². The van der Waals surface area contributed by atoms with E-state index in [1.165, 1.54) is 11.8 Å². The molecule has 2 amide bonds. The van der Waals surface area contributed by atoms with E-state index in [9.17, 15) is 9.59 Å². The molecule has 2 aromatic rings. The maximum Gasteiger partial charge on any atom is 0.230 e. The van der Waals surface area contributed by atoms with Crippen molar-refractivity contribution >= 4 is 23.6 Å². The van der Waals surface area contributed by atoms with Crippen LogP contribution in [0.1, 0.15) is 19.4 Å². The largest absolute Gasteiger partial charge is 0.369 e. The molecular weight excluding hydrogens is 324 g/mol. The number of hydrogen-bond donors (Lipinski definition) is 2. The zero-order valence-corrected chi connectivity index (χ0v) is 14.9. The number of rotatable bonds is 7. The third-order valence-corrected chi connectivity index (χ3v) is 4.68. The maximum atomic E-state index is 12.0. The fourth-order valence-corrected chi connectivity index (χ4v) is 2.80. The van der Waals surface area contributed by atoms with Crippen LogP contribution in [-0.2, 0) is 9.59 Å². The van der Waals surface area contributed by atoms with Gasteiger partial charge in [0.05, 0.1) is 16.9 Å². The molecule has 0 unspecified atom stereocenters. The summed E-state index contributed by atoms with van der Waals surface area (Å²) in [4.78, 5) is 27.6. The standard InChI is InChI=1S/C17H22N4O2S/c1-12-6-4-5-7-13(12)21-9-8-19-16(21)24-10-14(22)20-11-17(2,3)15(18)23/h4-9H,10-11H2,1-3H3,(H2,18,23)(H,20,22). The zero-order chi connectivity index (χ0) is 17.7. The van der Waals surface area contributed by atoms with E-state index in [1.54, 1.807) is 20.0 Å². The summed E-state index contributed by atoms with van der Waals surface area (Å²) in [6.07, 6.45) is 3.58. The second kappa shape index (κ2) is 7.53. The van der Waals surface area contributed by atoms with Gasteiger partial charge in [0, 0.05) is 18.9 Å². The second-order valence-corrected chi connectivity index (χ2v) is 7.12. The molecular formula is C17H22N4O2S. The first kappa shape index (κ1) is 18.1. The van der Waals surface area contributed by atoms with Gasteiger partial charge < -0.3 is 11.1 Å². The molecule has 0 atom stereocenters. The number of imidazole rings is 1. The summed E-state index contributed by atoms with van der Waals surface area (Å²) in [7, 11) is 0. The molecule has 0 saturated carbocycles. The number of amides is 2. The van der Waals surface area contributed by atoms with Crippen molar-refractivity contribution in [1.82, 2.24) is 14.9 Å². The van der Waals surface area contributed by atoms with Gasteiger partial charge in [-0.3, -0.25) is 14.2 Å². The number of aryl methyl sites for hydroxylation is 1. The lowest BCUT2D eigenvalue weighted by Gasteiger charge is -2.20. The number of carbonyl (C=O) groups excluding carboxylic acids is 2. The highest BCUT2D eigenvalue weighted by atomic mass is 32.2. The van der Waals surface area contributed by atoms with Crippen molar-refractivity contribution in [1.29, 1.82) is 0 Å². The van der Waals surface area contributed by atoms with Crippen molar-refractivity contribution in [3.05, 3.63) is 42.2 Å². The van der Waals surface area contributed by atoms with Crippen molar-refractivity contribution in [3.8, 4) is 5.69 Å². The van der Waals surface area contributed by atoms with E-state index in [4.69, 9.17) is 5.73 Å². The molecule has 0 aliphatic heterocycles. The molecule has 24 heavy (non-hydrogen) atoms. The number of hydrogen-bond acceptors (Lipinski definition) is 4. The maximum absolute atomic E-state index is 12.0. The van der Waals surface area contributed by atoms with E-state index in [-0.39, 0.29) is 18.2 Å². The van der Waals surface area contributed by atoms with Crippen LogP contribution in [0.25, 0.3) is 5.69 Å². The molecule has 1 aromatic heterocycles. The van der Waals surface area contributed by atoms with Crippen LogP contribution in [0.3, 0.4) is 0 Å². The highest BCUT2D eigenvalue weighted by Gasteiger charge is 2.25. The van der Waals surface area contributed by atoms with Crippen LogP contribution in [0.5, 0.6) is 0 Å². The van der Waals surface area contributed by atoms with Crippen LogP contribution >= 0.6 is 11.8 Å². The molecule has 0 fully saturated rings. The van der Waals surface area contributed by atoms with Gasteiger partial charge in [-0.2, -0.15) is 0 Å². The van der Waals surface area contributed by atoms with Crippen LogP contribution in [0.15, 0.2) is 41.8 Å².